The third kappa shape index (κ3) is 3.16. The lowest BCUT2D eigenvalue weighted by atomic mass is 9.97. The zero-order chi connectivity index (χ0) is 20.5. The first-order chi connectivity index (χ1) is 14.0. The Hall–Kier alpha value is -3.54. The van der Waals surface area contributed by atoms with E-state index in [0.717, 1.165) is 22.2 Å². The van der Waals surface area contributed by atoms with Gasteiger partial charge in [-0.15, -0.1) is 0 Å². The predicted octanol–water partition coefficient (Wildman–Crippen LogP) is 4.49. The second-order valence-electron chi connectivity index (χ2n) is 7.03. The number of aromatic nitrogens is 1. The number of carbonyl (C=O) groups is 2. The van der Waals surface area contributed by atoms with Gasteiger partial charge in [0.1, 0.15) is 5.75 Å². The molecule has 1 amide bonds. The molecule has 0 bridgehead atoms. The number of ether oxygens (including phenoxy) is 2. The van der Waals surface area contributed by atoms with E-state index in [2.05, 4.69) is 6.92 Å². The molecule has 0 N–H and O–H groups in total. The fourth-order valence-corrected chi connectivity index (χ4v) is 3.94. The van der Waals surface area contributed by atoms with E-state index in [0.29, 0.717) is 17.9 Å². The highest BCUT2D eigenvalue weighted by molar-refractivity contribution is 5.98. The van der Waals surface area contributed by atoms with Crippen LogP contribution in [-0.4, -0.2) is 42.2 Å². The van der Waals surface area contributed by atoms with E-state index in [1.54, 1.807) is 47.0 Å². The summed E-state index contributed by atoms with van der Waals surface area (Å²) in [7, 11) is 2.94. The zero-order valence-corrected chi connectivity index (χ0v) is 16.6. The largest absolute Gasteiger partial charge is 0.497 e. The second kappa shape index (κ2) is 7.47. The third-order valence-electron chi connectivity index (χ3n) is 5.26. The summed E-state index contributed by atoms with van der Waals surface area (Å²) < 4.78 is 11.8. The monoisotopic (exact) mass is 390 g/mol. The molecule has 148 valence electrons. The fourth-order valence-electron chi connectivity index (χ4n) is 3.94. The Balaban J connectivity index is 1.79. The van der Waals surface area contributed by atoms with Crippen molar-refractivity contribution in [1.82, 2.24) is 9.47 Å². The predicted molar refractivity (Wildman–Crippen MR) is 111 cm³/mol. The number of benzene rings is 2. The molecule has 2 heterocycles. The van der Waals surface area contributed by atoms with Crippen molar-refractivity contribution in [2.24, 2.45) is 0 Å². The molecule has 1 aromatic heterocycles. The van der Waals surface area contributed by atoms with E-state index in [4.69, 9.17) is 9.47 Å². The first-order valence-corrected chi connectivity index (χ1v) is 9.40. The number of rotatable bonds is 2. The van der Waals surface area contributed by atoms with Crippen LogP contribution in [0, 0.1) is 0 Å². The molecule has 0 radical (unpaired) electrons. The van der Waals surface area contributed by atoms with E-state index in [9.17, 15) is 9.59 Å². The van der Waals surface area contributed by atoms with E-state index < -0.39 is 6.09 Å². The van der Waals surface area contributed by atoms with Gasteiger partial charge in [0.2, 0.25) is 0 Å². The van der Waals surface area contributed by atoms with E-state index in [-0.39, 0.29) is 11.8 Å². The lowest BCUT2D eigenvalue weighted by molar-refractivity contribution is 0.0818. The first-order valence-electron chi connectivity index (χ1n) is 9.40. The van der Waals surface area contributed by atoms with Gasteiger partial charge in [0.25, 0.3) is 5.91 Å². The highest BCUT2D eigenvalue weighted by Crippen LogP contribution is 2.36. The number of nitrogens with zero attached hydrogens (tertiary/aromatic N) is 2. The normalized spacial score (nSPS) is 15.7. The molecule has 29 heavy (non-hydrogen) atoms. The quantitative estimate of drug-likeness (QED) is 0.647. The van der Waals surface area contributed by atoms with E-state index in [1.165, 1.54) is 7.11 Å². The number of para-hydroxylation sites is 1. The molecule has 4 rings (SSSR count). The van der Waals surface area contributed by atoms with Crippen LogP contribution < -0.4 is 4.74 Å². The van der Waals surface area contributed by atoms with Crippen molar-refractivity contribution >= 4 is 29.0 Å². The molecule has 3 aromatic rings. The van der Waals surface area contributed by atoms with E-state index in [1.807, 2.05) is 30.3 Å². The van der Waals surface area contributed by atoms with Crippen LogP contribution in [-0.2, 0) is 4.74 Å². The van der Waals surface area contributed by atoms with Crippen LogP contribution in [0.25, 0.3) is 17.0 Å². The number of amides is 1. The first kappa shape index (κ1) is 18.8. The minimum absolute atomic E-state index is 0.0189. The molecule has 1 aliphatic heterocycles. The molecule has 0 aliphatic carbocycles. The molecule has 0 saturated heterocycles. The van der Waals surface area contributed by atoms with Gasteiger partial charge in [0.05, 0.1) is 25.4 Å². The van der Waals surface area contributed by atoms with Gasteiger partial charge in [-0.1, -0.05) is 31.2 Å². The van der Waals surface area contributed by atoms with Crippen LogP contribution >= 0.6 is 0 Å². The SMILES string of the molecule is COC(=O)n1c2c(c3ccccc31)C(C)CN(C(=O)c1cccc(OC)c1)C=C2. The summed E-state index contributed by atoms with van der Waals surface area (Å²) in [6, 6.07) is 14.8. The van der Waals surface area contributed by atoms with Crippen LogP contribution in [0.1, 0.15) is 34.5 Å². The Kier molecular flexibility index (Phi) is 4.84. The van der Waals surface area contributed by atoms with Crippen LogP contribution in [0.15, 0.2) is 54.7 Å². The standard InChI is InChI=1S/C23H22N2O4/c1-15-14-24(22(26)16-7-6-8-17(13-16)28-2)12-11-20-21(15)18-9-4-5-10-19(18)25(20)23(27)29-3/h4-13,15H,14H2,1-3H3. The second-order valence-corrected chi connectivity index (χ2v) is 7.03. The van der Waals surface area contributed by atoms with E-state index >= 15 is 0 Å². The van der Waals surface area contributed by atoms with Crippen molar-refractivity contribution in [2.45, 2.75) is 12.8 Å². The number of fused-ring (bicyclic) bond motifs is 3. The van der Waals surface area contributed by atoms with Gasteiger partial charge in [-0.2, -0.15) is 0 Å². The van der Waals surface area contributed by atoms with Gasteiger partial charge in [0, 0.05) is 29.6 Å². The van der Waals surface area contributed by atoms with Crippen LogP contribution in [0.5, 0.6) is 5.75 Å². The van der Waals surface area contributed by atoms with Crippen LogP contribution in [0.2, 0.25) is 0 Å². The molecule has 1 unspecified atom stereocenters. The Labute approximate surface area is 168 Å². The van der Waals surface area contributed by atoms with Gasteiger partial charge in [0.15, 0.2) is 0 Å². The van der Waals surface area contributed by atoms with Crippen LogP contribution in [0.4, 0.5) is 4.79 Å². The summed E-state index contributed by atoms with van der Waals surface area (Å²) in [4.78, 5) is 27.3. The maximum Gasteiger partial charge on any atom is 0.418 e. The lowest BCUT2D eigenvalue weighted by Crippen LogP contribution is -2.28. The molecular formula is C23H22N2O4. The molecule has 6 heteroatoms. The minimum atomic E-state index is -0.452. The molecule has 1 atom stereocenters. The highest BCUT2D eigenvalue weighted by Gasteiger charge is 2.28. The van der Waals surface area contributed by atoms with Crippen LogP contribution in [0.3, 0.4) is 0 Å². The summed E-state index contributed by atoms with van der Waals surface area (Å²) in [5.74, 6) is 0.533. The molecule has 6 nitrogen and oxygen atoms in total. The molecule has 1 aliphatic rings. The average molecular weight is 390 g/mol. The number of methoxy groups -OCH3 is 2. The summed E-state index contributed by atoms with van der Waals surface area (Å²) in [5, 5.41) is 0.987. The average Bonchev–Trinajstić information content (AvgIpc) is 2.99. The maximum absolute atomic E-state index is 13.1. The Morgan fingerprint density at radius 3 is 2.62 bits per heavy atom. The lowest BCUT2D eigenvalue weighted by Gasteiger charge is -2.21. The van der Waals surface area contributed by atoms with Crippen molar-refractivity contribution < 1.29 is 19.1 Å². The molecule has 0 saturated carbocycles. The minimum Gasteiger partial charge on any atom is -0.497 e. The number of hydrogen-bond donors (Lipinski definition) is 0. The summed E-state index contributed by atoms with van der Waals surface area (Å²) in [5.41, 5.74) is 3.12. The smallest absolute Gasteiger partial charge is 0.418 e. The summed E-state index contributed by atoms with van der Waals surface area (Å²) in [6.07, 6.45) is 3.10. The van der Waals surface area contributed by atoms with Gasteiger partial charge >= 0.3 is 6.09 Å². The van der Waals surface area contributed by atoms with Gasteiger partial charge in [-0.25, -0.2) is 9.36 Å². The Morgan fingerprint density at radius 2 is 1.86 bits per heavy atom. The van der Waals surface area contributed by atoms with Crippen molar-refractivity contribution in [3.05, 3.63) is 71.6 Å². The van der Waals surface area contributed by atoms with Gasteiger partial charge in [-0.3, -0.25) is 4.79 Å². The van der Waals surface area contributed by atoms with Crippen molar-refractivity contribution in [3.63, 3.8) is 0 Å². The highest BCUT2D eigenvalue weighted by atomic mass is 16.5. The molecular weight excluding hydrogens is 368 g/mol. The number of carbonyl (C=O) groups excluding carboxylic acids is 2. The topological polar surface area (TPSA) is 60.8 Å². The van der Waals surface area contributed by atoms with Gasteiger partial charge in [-0.05, 0) is 35.9 Å². The van der Waals surface area contributed by atoms with Crippen molar-refractivity contribution in [3.8, 4) is 5.75 Å². The number of hydrogen-bond acceptors (Lipinski definition) is 4. The van der Waals surface area contributed by atoms with Crippen molar-refractivity contribution in [1.29, 1.82) is 0 Å². The third-order valence-corrected chi connectivity index (χ3v) is 5.26. The molecule has 0 fully saturated rings. The Bertz CT molecular complexity index is 1130. The Morgan fingerprint density at radius 1 is 1.07 bits per heavy atom. The maximum atomic E-state index is 13.1. The summed E-state index contributed by atoms with van der Waals surface area (Å²) >= 11 is 0. The van der Waals surface area contributed by atoms with Crippen molar-refractivity contribution in [2.75, 3.05) is 20.8 Å². The fraction of sp³-hybridized carbons (Fsp3) is 0.217. The molecule has 2 aromatic carbocycles. The summed E-state index contributed by atoms with van der Waals surface area (Å²) in [6.45, 7) is 2.56. The van der Waals surface area contributed by atoms with Gasteiger partial charge < -0.3 is 14.4 Å². The molecule has 0 spiro atoms. The zero-order valence-electron chi connectivity index (χ0n) is 16.6.